The van der Waals surface area contributed by atoms with E-state index in [1.165, 1.54) is 13.0 Å². The molecule has 0 saturated carbocycles. The van der Waals surface area contributed by atoms with Crippen LogP contribution in [0.3, 0.4) is 0 Å². The van der Waals surface area contributed by atoms with Gasteiger partial charge in [-0.05, 0) is 29.3 Å². The fourth-order valence-corrected chi connectivity index (χ4v) is 3.62. The van der Waals surface area contributed by atoms with Crippen LogP contribution in [-0.2, 0) is 15.3 Å². The Kier molecular flexibility index (Phi) is 8.81. The van der Waals surface area contributed by atoms with E-state index in [1.807, 2.05) is 30.3 Å². The Hall–Kier alpha value is -1.86. The van der Waals surface area contributed by atoms with Gasteiger partial charge in [-0.1, -0.05) is 46.3 Å². The molecule has 27 heavy (non-hydrogen) atoms. The van der Waals surface area contributed by atoms with Gasteiger partial charge in [0.1, 0.15) is 5.82 Å². The number of hydrogen-bond donors (Lipinski definition) is 2. The summed E-state index contributed by atoms with van der Waals surface area (Å²) in [6.07, 6.45) is 0.166. The predicted octanol–water partition coefficient (Wildman–Crippen LogP) is 4.21. The van der Waals surface area contributed by atoms with E-state index >= 15 is 0 Å². The van der Waals surface area contributed by atoms with Crippen LogP contribution in [-0.4, -0.2) is 24.1 Å². The standard InChI is InChI=1S/C20H22BrFN2O2S/c1-14(25)24-19(15-6-8-17(21)9-7-15)12-20(26)23-10-11-27-13-16-4-2-3-5-18(16)22/h2-9,19H,10-13H2,1H3,(H,23,26)(H,24,25). The normalized spacial score (nSPS) is 11.7. The highest BCUT2D eigenvalue weighted by atomic mass is 79.9. The lowest BCUT2D eigenvalue weighted by Gasteiger charge is -2.18. The third-order valence-corrected chi connectivity index (χ3v) is 5.36. The second-order valence-electron chi connectivity index (χ2n) is 6.00. The first kappa shape index (κ1) is 21.4. The molecule has 144 valence electrons. The van der Waals surface area contributed by atoms with Gasteiger partial charge in [0.25, 0.3) is 0 Å². The van der Waals surface area contributed by atoms with Crippen LogP contribution in [0.4, 0.5) is 4.39 Å². The summed E-state index contributed by atoms with van der Waals surface area (Å²) in [5, 5.41) is 5.67. The third kappa shape index (κ3) is 7.72. The molecule has 7 heteroatoms. The second-order valence-corrected chi connectivity index (χ2v) is 8.02. The minimum Gasteiger partial charge on any atom is -0.355 e. The number of halogens is 2. The number of carbonyl (C=O) groups is 2. The Labute approximate surface area is 171 Å². The minimum absolute atomic E-state index is 0.136. The van der Waals surface area contributed by atoms with Crippen LogP contribution >= 0.6 is 27.7 Å². The minimum atomic E-state index is -0.373. The largest absolute Gasteiger partial charge is 0.355 e. The molecule has 0 aliphatic carbocycles. The van der Waals surface area contributed by atoms with Crippen molar-refractivity contribution in [1.82, 2.24) is 10.6 Å². The maximum absolute atomic E-state index is 13.5. The molecule has 0 bridgehead atoms. The van der Waals surface area contributed by atoms with Crippen molar-refractivity contribution in [2.24, 2.45) is 0 Å². The van der Waals surface area contributed by atoms with Gasteiger partial charge in [-0.25, -0.2) is 4.39 Å². The van der Waals surface area contributed by atoms with Crippen molar-refractivity contribution in [1.29, 1.82) is 0 Å². The van der Waals surface area contributed by atoms with Gasteiger partial charge >= 0.3 is 0 Å². The number of carbonyl (C=O) groups excluding carboxylic acids is 2. The summed E-state index contributed by atoms with van der Waals surface area (Å²) in [5.74, 6) is 0.722. The average molecular weight is 453 g/mol. The second kappa shape index (κ2) is 11.1. The zero-order valence-electron chi connectivity index (χ0n) is 15.0. The average Bonchev–Trinajstić information content (AvgIpc) is 2.62. The zero-order valence-corrected chi connectivity index (χ0v) is 17.4. The predicted molar refractivity (Wildman–Crippen MR) is 111 cm³/mol. The monoisotopic (exact) mass is 452 g/mol. The van der Waals surface area contributed by atoms with Crippen LogP contribution in [0.2, 0.25) is 0 Å². The van der Waals surface area contributed by atoms with E-state index in [9.17, 15) is 14.0 Å². The van der Waals surface area contributed by atoms with E-state index in [0.717, 1.165) is 10.0 Å². The number of thioether (sulfide) groups is 1. The molecule has 2 N–H and O–H groups in total. The molecule has 0 heterocycles. The van der Waals surface area contributed by atoms with Gasteiger partial charge in [-0.15, -0.1) is 0 Å². The smallest absolute Gasteiger partial charge is 0.222 e. The van der Waals surface area contributed by atoms with Crippen LogP contribution in [0, 0.1) is 5.82 Å². The van der Waals surface area contributed by atoms with Gasteiger partial charge < -0.3 is 10.6 Å². The highest BCUT2D eigenvalue weighted by Crippen LogP contribution is 2.20. The van der Waals surface area contributed by atoms with Crippen LogP contribution < -0.4 is 10.6 Å². The van der Waals surface area contributed by atoms with Crippen LogP contribution in [0.15, 0.2) is 53.0 Å². The van der Waals surface area contributed by atoms with Gasteiger partial charge in [0.05, 0.1) is 12.5 Å². The van der Waals surface area contributed by atoms with Gasteiger partial charge in [-0.3, -0.25) is 9.59 Å². The molecule has 0 saturated heterocycles. The first-order chi connectivity index (χ1) is 13.0. The number of rotatable bonds is 9. The van der Waals surface area contributed by atoms with Crippen molar-refractivity contribution >= 4 is 39.5 Å². The lowest BCUT2D eigenvalue weighted by molar-refractivity contribution is -0.122. The van der Waals surface area contributed by atoms with E-state index in [2.05, 4.69) is 26.6 Å². The number of nitrogens with one attached hydrogen (secondary N) is 2. The fourth-order valence-electron chi connectivity index (χ4n) is 2.51. The maximum atomic E-state index is 13.5. The molecule has 0 aromatic heterocycles. The summed E-state index contributed by atoms with van der Waals surface area (Å²) in [4.78, 5) is 23.7. The number of benzene rings is 2. The molecule has 0 aliphatic heterocycles. The Morgan fingerprint density at radius 3 is 2.52 bits per heavy atom. The highest BCUT2D eigenvalue weighted by molar-refractivity contribution is 9.10. The quantitative estimate of drug-likeness (QED) is 0.560. The molecular formula is C20H22BrFN2O2S. The van der Waals surface area contributed by atoms with Crippen molar-refractivity contribution in [3.05, 3.63) is 69.9 Å². The summed E-state index contributed by atoms with van der Waals surface area (Å²) in [6.45, 7) is 1.92. The first-order valence-electron chi connectivity index (χ1n) is 8.56. The molecule has 2 aromatic carbocycles. The van der Waals surface area contributed by atoms with Gasteiger partial charge in [0.15, 0.2) is 0 Å². The molecule has 1 unspecified atom stereocenters. The summed E-state index contributed by atoms with van der Waals surface area (Å²) < 4.78 is 14.5. The maximum Gasteiger partial charge on any atom is 0.222 e. The molecule has 0 aliphatic rings. The number of hydrogen-bond acceptors (Lipinski definition) is 3. The first-order valence-corrected chi connectivity index (χ1v) is 10.5. The summed E-state index contributed by atoms with van der Waals surface area (Å²) in [7, 11) is 0. The molecule has 2 rings (SSSR count). The summed E-state index contributed by atoms with van der Waals surface area (Å²) in [5.41, 5.74) is 1.53. The topological polar surface area (TPSA) is 58.2 Å². The molecule has 2 amide bonds. The van der Waals surface area contributed by atoms with Crippen molar-refractivity contribution in [3.63, 3.8) is 0 Å². The van der Waals surface area contributed by atoms with E-state index in [0.29, 0.717) is 23.6 Å². The van der Waals surface area contributed by atoms with Crippen molar-refractivity contribution in [2.75, 3.05) is 12.3 Å². The molecular weight excluding hydrogens is 431 g/mol. The van der Waals surface area contributed by atoms with Gasteiger partial charge in [0.2, 0.25) is 11.8 Å². The third-order valence-electron chi connectivity index (χ3n) is 3.82. The lowest BCUT2D eigenvalue weighted by atomic mass is 10.0. The fraction of sp³-hybridized carbons (Fsp3) is 0.300. The van der Waals surface area contributed by atoms with E-state index in [1.54, 1.807) is 23.9 Å². The highest BCUT2D eigenvalue weighted by Gasteiger charge is 2.16. The lowest BCUT2D eigenvalue weighted by Crippen LogP contribution is -2.33. The Morgan fingerprint density at radius 1 is 1.15 bits per heavy atom. The van der Waals surface area contributed by atoms with Crippen molar-refractivity contribution in [2.45, 2.75) is 25.1 Å². The molecule has 4 nitrogen and oxygen atoms in total. The molecule has 1 atom stereocenters. The van der Waals surface area contributed by atoms with Crippen molar-refractivity contribution < 1.29 is 14.0 Å². The van der Waals surface area contributed by atoms with Crippen LogP contribution in [0.1, 0.15) is 30.5 Å². The summed E-state index contributed by atoms with van der Waals surface area (Å²) in [6, 6.07) is 13.8. The Morgan fingerprint density at radius 2 is 1.85 bits per heavy atom. The summed E-state index contributed by atoms with van der Waals surface area (Å²) >= 11 is 4.93. The molecule has 0 spiro atoms. The van der Waals surface area contributed by atoms with E-state index in [4.69, 9.17) is 0 Å². The van der Waals surface area contributed by atoms with Crippen LogP contribution in [0.5, 0.6) is 0 Å². The number of amides is 2. The Bertz CT molecular complexity index is 771. The van der Waals surface area contributed by atoms with Crippen molar-refractivity contribution in [3.8, 4) is 0 Å². The van der Waals surface area contributed by atoms with Crippen LogP contribution in [0.25, 0.3) is 0 Å². The van der Waals surface area contributed by atoms with E-state index in [-0.39, 0.29) is 30.1 Å². The van der Waals surface area contributed by atoms with E-state index < -0.39 is 0 Å². The van der Waals surface area contributed by atoms with Gasteiger partial charge in [-0.2, -0.15) is 11.8 Å². The van der Waals surface area contributed by atoms with Gasteiger partial charge in [0, 0.05) is 29.4 Å². The molecule has 0 radical (unpaired) electrons. The SMILES string of the molecule is CC(=O)NC(CC(=O)NCCSCc1ccccc1F)c1ccc(Br)cc1. The zero-order chi connectivity index (χ0) is 19.6. The Balaban J connectivity index is 1.77. The molecule has 2 aromatic rings. The molecule has 0 fully saturated rings.